The fourth-order valence-corrected chi connectivity index (χ4v) is 3.06. The molecule has 144 valence electrons. The van der Waals surface area contributed by atoms with Gasteiger partial charge in [0.2, 0.25) is 0 Å². The summed E-state index contributed by atoms with van der Waals surface area (Å²) >= 11 is 0. The number of nitrogens with one attached hydrogen (secondary N) is 1. The highest BCUT2D eigenvalue weighted by molar-refractivity contribution is 5.68. The Bertz CT molecular complexity index is 991. The summed E-state index contributed by atoms with van der Waals surface area (Å²) in [5.41, 5.74) is 1.92. The van der Waals surface area contributed by atoms with E-state index in [-0.39, 0.29) is 6.61 Å². The lowest BCUT2D eigenvalue weighted by atomic mass is 10.0. The Kier molecular flexibility index (Phi) is 4.64. The molecule has 1 unspecified atom stereocenters. The summed E-state index contributed by atoms with van der Waals surface area (Å²) in [6.07, 6.45) is -3.16. The summed E-state index contributed by atoms with van der Waals surface area (Å²) in [6, 6.07) is 12.0. The second-order valence-corrected chi connectivity index (χ2v) is 6.44. The van der Waals surface area contributed by atoms with E-state index < -0.39 is 17.8 Å². The number of rotatable bonds is 3. The van der Waals surface area contributed by atoms with Gasteiger partial charge in [-0.15, -0.1) is 0 Å². The zero-order valence-corrected chi connectivity index (χ0v) is 14.6. The van der Waals surface area contributed by atoms with Crippen LogP contribution in [-0.4, -0.2) is 27.8 Å². The molecule has 0 spiro atoms. The monoisotopic (exact) mass is 387 g/mol. The maximum atomic E-state index is 12.7. The number of hydrogen-bond donors (Lipinski definition) is 2. The van der Waals surface area contributed by atoms with Gasteiger partial charge in [-0.1, -0.05) is 18.2 Å². The van der Waals surface area contributed by atoms with Gasteiger partial charge in [0.15, 0.2) is 0 Å². The van der Waals surface area contributed by atoms with Crippen LogP contribution in [0.1, 0.15) is 11.1 Å². The molecule has 2 heterocycles. The summed E-state index contributed by atoms with van der Waals surface area (Å²) in [5.74, 6) is 1.19. The molecule has 2 aromatic carbocycles. The first-order chi connectivity index (χ1) is 13.4. The molecule has 0 radical (unpaired) electrons. The molecule has 28 heavy (non-hydrogen) atoms. The molecule has 0 aliphatic carbocycles. The van der Waals surface area contributed by atoms with E-state index in [9.17, 15) is 18.3 Å². The predicted octanol–water partition coefficient (Wildman–Crippen LogP) is 4.20. The van der Waals surface area contributed by atoms with Crippen LogP contribution < -0.4 is 10.1 Å². The van der Waals surface area contributed by atoms with Crippen LogP contribution in [0.15, 0.2) is 54.9 Å². The zero-order chi connectivity index (χ0) is 19.7. The SMILES string of the molecule is OC1COc2cccc(Nc3cc(-c4ccc(C(F)(F)F)cc4)ncn3)c2C1. The lowest BCUT2D eigenvalue weighted by Gasteiger charge is -2.24. The molecular weight excluding hydrogens is 371 g/mol. The van der Waals surface area contributed by atoms with Gasteiger partial charge in [-0.05, 0) is 24.3 Å². The Hall–Kier alpha value is -3.13. The third kappa shape index (κ3) is 3.77. The molecule has 4 rings (SSSR count). The Morgan fingerprint density at radius 1 is 1.07 bits per heavy atom. The molecule has 1 aromatic heterocycles. The van der Waals surface area contributed by atoms with Crippen LogP contribution in [0.5, 0.6) is 5.75 Å². The molecule has 1 atom stereocenters. The number of hydrogen-bond acceptors (Lipinski definition) is 5. The van der Waals surface area contributed by atoms with Crippen LogP contribution >= 0.6 is 0 Å². The third-order valence-electron chi connectivity index (χ3n) is 4.44. The van der Waals surface area contributed by atoms with Gasteiger partial charge < -0.3 is 15.2 Å². The Balaban J connectivity index is 1.60. The van der Waals surface area contributed by atoms with Crippen molar-refractivity contribution in [3.63, 3.8) is 0 Å². The molecule has 0 fully saturated rings. The van der Waals surface area contributed by atoms with Crippen LogP contribution in [0, 0.1) is 0 Å². The Morgan fingerprint density at radius 2 is 1.86 bits per heavy atom. The molecule has 1 aliphatic rings. The molecule has 0 saturated carbocycles. The number of alkyl halides is 3. The first-order valence-electron chi connectivity index (χ1n) is 8.59. The highest BCUT2D eigenvalue weighted by atomic mass is 19.4. The van der Waals surface area contributed by atoms with Gasteiger partial charge in [0.05, 0.1) is 17.4 Å². The molecule has 5 nitrogen and oxygen atoms in total. The maximum absolute atomic E-state index is 12.7. The molecule has 2 N–H and O–H groups in total. The van der Waals surface area contributed by atoms with E-state index in [2.05, 4.69) is 15.3 Å². The number of aromatic nitrogens is 2. The van der Waals surface area contributed by atoms with Crippen molar-refractivity contribution in [2.75, 3.05) is 11.9 Å². The predicted molar refractivity (Wildman–Crippen MR) is 97.4 cm³/mol. The average molecular weight is 387 g/mol. The molecule has 8 heteroatoms. The highest BCUT2D eigenvalue weighted by Crippen LogP contribution is 2.34. The van der Waals surface area contributed by atoms with Gasteiger partial charge in [-0.2, -0.15) is 13.2 Å². The summed E-state index contributed by atoms with van der Waals surface area (Å²) < 4.78 is 43.7. The van der Waals surface area contributed by atoms with Gasteiger partial charge in [-0.3, -0.25) is 0 Å². The number of ether oxygens (including phenoxy) is 1. The largest absolute Gasteiger partial charge is 0.491 e. The van der Waals surface area contributed by atoms with E-state index in [1.54, 1.807) is 6.07 Å². The minimum absolute atomic E-state index is 0.252. The minimum Gasteiger partial charge on any atom is -0.491 e. The van der Waals surface area contributed by atoms with Crippen LogP contribution in [0.2, 0.25) is 0 Å². The summed E-state index contributed by atoms with van der Waals surface area (Å²) in [5, 5.41) is 13.0. The summed E-state index contributed by atoms with van der Waals surface area (Å²) in [4.78, 5) is 8.33. The normalized spacial score (nSPS) is 16.2. The van der Waals surface area contributed by atoms with Gasteiger partial charge >= 0.3 is 6.18 Å². The van der Waals surface area contributed by atoms with Gasteiger partial charge in [-0.25, -0.2) is 9.97 Å². The third-order valence-corrected chi connectivity index (χ3v) is 4.44. The van der Waals surface area contributed by atoms with Crippen molar-refractivity contribution in [3.8, 4) is 17.0 Å². The van der Waals surface area contributed by atoms with Crippen molar-refractivity contribution in [1.82, 2.24) is 9.97 Å². The quantitative estimate of drug-likeness (QED) is 0.705. The van der Waals surface area contributed by atoms with Crippen molar-refractivity contribution < 1.29 is 23.0 Å². The summed E-state index contributed by atoms with van der Waals surface area (Å²) in [6.45, 7) is 0.252. The molecule has 0 saturated heterocycles. The van der Waals surface area contributed by atoms with Crippen LogP contribution in [0.3, 0.4) is 0 Å². The smallest absolute Gasteiger partial charge is 0.416 e. The van der Waals surface area contributed by atoms with E-state index in [0.29, 0.717) is 29.2 Å². The molecular formula is C20H16F3N3O2. The van der Waals surface area contributed by atoms with E-state index in [1.807, 2.05) is 18.2 Å². The minimum atomic E-state index is -4.38. The topological polar surface area (TPSA) is 67.3 Å². The van der Waals surface area contributed by atoms with E-state index >= 15 is 0 Å². The van der Waals surface area contributed by atoms with Gasteiger partial charge in [0, 0.05) is 29.3 Å². The average Bonchev–Trinajstić information content (AvgIpc) is 2.68. The fraction of sp³-hybridized carbons (Fsp3) is 0.200. The summed E-state index contributed by atoms with van der Waals surface area (Å²) in [7, 11) is 0. The van der Waals surface area contributed by atoms with Crippen LogP contribution in [0.4, 0.5) is 24.7 Å². The second kappa shape index (κ2) is 7.12. The Morgan fingerprint density at radius 3 is 2.61 bits per heavy atom. The fourth-order valence-electron chi connectivity index (χ4n) is 3.06. The van der Waals surface area contributed by atoms with Gasteiger partial charge in [0.25, 0.3) is 0 Å². The van der Waals surface area contributed by atoms with Crippen molar-refractivity contribution in [2.24, 2.45) is 0 Å². The Labute approximate surface area is 158 Å². The molecule has 1 aliphatic heterocycles. The standard InChI is InChI=1S/C20H16F3N3O2/c21-20(22,23)13-6-4-12(5-7-13)17-9-19(25-11-24-17)26-16-2-1-3-18-15(16)8-14(27)10-28-18/h1-7,9,11,14,27H,8,10H2,(H,24,25,26). The van der Waals surface area contributed by atoms with Crippen molar-refractivity contribution in [2.45, 2.75) is 18.7 Å². The van der Waals surface area contributed by atoms with Gasteiger partial charge in [0.1, 0.15) is 24.5 Å². The second-order valence-electron chi connectivity index (χ2n) is 6.44. The highest BCUT2D eigenvalue weighted by Gasteiger charge is 2.30. The maximum Gasteiger partial charge on any atom is 0.416 e. The number of anilines is 2. The number of benzene rings is 2. The first kappa shape index (κ1) is 18.2. The van der Waals surface area contributed by atoms with E-state index in [0.717, 1.165) is 23.4 Å². The number of nitrogens with zero attached hydrogens (tertiary/aromatic N) is 2. The lowest BCUT2D eigenvalue weighted by molar-refractivity contribution is -0.137. The lowest BCUT2D eigenvalue weighted by Crippen LogP contribution is -2.26. The van der Waals surface area contributed by atoms with Crippen LogP contribution in [-0.2, 0) is 12.6 Å². The first-order valence-corrected chi connectivity index (χ1v) is 8.59. The molecule has 0 bridgehead atoms. The molecule has 0 amide bonds. The van der Waals surface area contributed by atoms with Crippen molar-refractivity contribution in [1.29, 1.82) is 0 Å². The van der Waals surface area contributed by atoms with Crippen molar-refractivity contribution in [3.05, 3.63) is 66.0 Å². The van der Waals surface area contributed by atoms with E-state index in [1.165, 1.54) is 18.5 Å². The number of aliphatic hydroxyl groups is 1. The van der Waals surface area contributed by atoms with E-state index in [4.69, 9.17) is 4.74 Å². The number of aliphatic hydroxyl groups excluding tert-OH is 1. The number of halogens is 3. The van der Waals surface area contributed by atoms with Crippen LogP contribution in [0.25, 0.3) is 11.3 Å². The zero-order valence-electron chi connectivity index (χ0n) is 14.6. The molecule has 3 aromatic rings. The van der Waals surface area contributed by atoms with Crippen molar-refractivity contribution >= 4 is 11.5 Å². The number of fused-ring (bicyclic) bond motifs is 1.